The molecule has 1 saturated heterocycles. The van der Waals surface area contributed by atoms with E-state index in [-0.39, 0.29) is 23.7 Å². The van der Waals surface area contributed by atoms with E-state index in [2.05, 4.69) is 22.4 Å². The van der Waals surface area contributed by atoms with E-state index < -0.39 is 12.2 Å². The third kappa shape index (κ3) is 3.76. The summed E-state index contributed by atoms with van der Waals surface area (Å²) in [4.78, 5) is 18.2. The van der Waals surface area contributed by atoms with Crippen LogP contribution in [0, 0.1) is 11.7 Å². The quantitative estimate of drug-likeness (QED) is 0.575. The van der Waals surface area contributed by atoms with Gasteiger partial charge in [0.15, 0.2) is 0 Å². The van der Waals surface area contributed by atoms with Crippen molar-refractivity contribution in [1.82, 2.24) is 15.2 Å². The molecular formula is C27H25F3N4O. The van der Waals surface area contributed by atoms with Gasteiger partial charge in [-0.05, 0) is 53.6 Å². The smallest absolute Gasteiger partial charge is 0.251 e. The molecule has 5 nitrogen and oxygen atoms in total. The largest absolute Gasteiger partial charge is 0.383 e. The van der Waals surface area contributed by atoms with E-state index in [4.69, 9.17) is 5.73 Å². The lowest BCUT2D eigenvalue weighted by atomic mass is 9.91. The molecule has 8 heteroatoms. The van der Waals surface area contributed by atoms with E-state index in [0.717, 1.165) is 29.7 Å². The highest BCUT2D eigenvalue weighted by atomic mass is 19.3. The molecule has 35 heavy (non-hydrogen) atoms. The second kappa shape index (κ2) is 8.09. The van der Waals surface area contributed by atoms with Crippen LogP contribution in [0.15, 0.2) is 48.7 Å². The summed E-state index contributed by atoms with van der Waals surface area (Å²) in [6, 6.07) is 12.9. The molecular weight excluding hydrogens is 453 g/mol. The lowest BCUT2D eigenvalue weighted by molar-refractivity contribution is 0.0931. The van der Waals surface area contributed by atoms with Crippen molar-refractivity contribution in [3.05, 3.63) is 71.2 Å². The van der Waals surface area contributed by atoms with Crippen LogP contribution in [0.4, 0.5) is 19.0 Å². The topological polar surface area (TPSA) is 71.2 Å². The first-order valence-corrected chi connectivity index (χ1v) is 11.8. The number of benzene rings is 2. The van der Waals surface area contributed by atoms with Crippen LogP contribution in [0.1, 0.15) is 27.9 Å². The van der Waals surface area contributed by atoms with E-state index in [0.29, 0.717) is 42.1 Å². The fourth-order valence-electron chi connectivity index (χ4n) is 5.86. The number of anilines is 1. The summed E-state index contributed by atoms with van der Waals surface area (Å²) in [5.74, 6) is -0.135. The van der Waals surface area contributed by atoms with Crippen molar-refractivity contribution in [2.75, 3.05) is 31.9 Å². The predicted molar refractivity (Wildman–Crippen MR) is 128 cm³/mol. The SMILES string of the molecule is Nc1ncc(-c2ccc([C@@]34C[C@@H]3CN(CC(F)F)C4)cc2)cc1-c1cc2c(cc1F)C(=O)NCC2. The van der Waals surface area contributed by atoms with E-state index in [1.54, 1.807) is 12.3 Å². The first-order valence-electron chi connectivity index (χ1n) is 11.8. The van der Waals surface area contributed by atoms with Crippen molar-refractivity contribution in [2.45, 2.75) is 24.7 Å². The predicted octanol–water partition coefficient (Wildman–Crippen LogP) is 4.26. The Balaban J connectivity index is 1.29. The summed E-state index contributed by atoms with van der Waals surface area (Å²) in [5.41, 5.74) is 10.9. The van der Waals surface area contributed by atoms with E-state index in [1.807, 2.05) is 23.1 Å². The number of amides is 1. The number of nitrogens with zero attached hydrogens (tertiary/aromatic N) is 2. The molecule has 0 spiro atoms. The fraction of sp³-hybridized carbons (Fsp3) is 0.333. The van der Waals surface area contributed by atoms with Gasteiger partial charge in [0.1, 0.15) is 11.6 Å². The van der Waals surface area contributed by atoms with Gasteiger partial charge >= 0.3 is 0 Å². The Labute approximate surface area is 201 Å². The van der Waals surface area contributed by atoms with Gasteiger partial charge in [-0.3, -0.25) is 9.69 Å². The number of hydrogen-bond acceptors (Lipinski definition) is 4. The molecule has 1 saturated carbocycles. The second-order valence-electron chi connectivity index (χ2n) is 9.87. The summed E-state index contributed by atoms with van der Waals surface area (Å²) in [7, 11) is 0. The van der Waals surface area contributed by atoms with Crippen molar-refractivity contribution in [3.63, 3.8) is 0 Å². The first kappa shape index (κ1) is 22.1. The van der Waals surface area contributed by atoms with Crippen LogP contribution < -0.4 is 11.1 Å². The highest BCUT2D eigenvalue weighted by molar-refractivity contribution is 5.97. The number of nitrogens with one attached hydrogen (secondary N) is 1. The molecule has 3 N–H and O–H groups in total. The fourth-order valence-corrected chi connectivity index (χ4v) is 5.86. The molecule has 0 bridgehead atoms. The summed E-state index contributed by atoms with van der Waals surface area (Å²) < 4.78 is 40.6. The third-order valence-electron chi connectivity index (χ3n) is 7.73. The normalized spacial score (nSPS) is 23.2. The Bertz CT molecular complexity index is 1330. The van der Waals surface area contributed by atoms with Crippen molar-refractivity contribution < 1.29 is 18.0 Å². The number of carbonyl (C=O) groups excluding carboxylic acids is 1. The summed E-state index contributed by atoms with van der Waals surface area (Å²) in [5, 5.41) is 2.73. The number of fused-ring (bicyclic) bond motifs is 2. The Morgan fingerprint density at radius 1 is 1.11 bits per heavy atom. The molecule has 2 aromatic carbocycles. The number of alkyl halides is 2. The van der Waals surface area contributed by atoms with Crippen LogP contribution in [0.5, 0.6) is 0 Å². The number of nitrogens with two attached hydrogens (primary N) is 1. The van der Waals surface area contributed by atoms with Gasteiger partial charge in [0.05, 0.1) is 6.54 Å². The Morgan fingerprint density at radius 3 is 2.69 bits per heavy atom. The Hall–Kier alpha value is -3.39. The van der Waals surface area contributed by atoms with Gasteiger partial charge in [-0.1, -0.05) is 24.3 Å². The maximum atomic E-state index is 15.0. The van der Waals surface area contributed by atoms with E-state index >= 15 is 4.39 Å². The maximum absolute atomic E-state index is 15.0. The minimum absolute atomic E-state index is 0.0174. The molecule has 180 valence electrons. The Morgan fingerprint density at radius 2 is 1.91 bits per heavy atom. The van der Waals surface area contributed by atoms with Crippen LogP contribution in [-0.2, 0) is 11.8 Å². The lowest BCUT2D eigenvalue weighted by Crippen LogP contribution is -2.32. The van der Waals surface area contributed by atoms with Gasteiger partial charge in [-0.2, -0.15) is 0 Å². The molecule has 1 aliphatic carbocycles. The molecule has 0 radical (unpaired) electrons. The highest BCUT2D eigenvalue weighted by Gasteiger charge is 2.60. The number of hydrogen-bond donors (Lipinski definition) is 2. The van der Waals surface area contributed by atoms with Crippen LogP contribution in [-0.4, -0.2) is 48.4 Å². The number of nitrogen functional groups attached to an aromatic ring is 1. The zero-order chi connectivity index (χ0) is 24.3. The first-order chi connectivity index (χ1) is 16.8. The zero-order valence-corrected chi connectivity index (χ0v) is 19.0. The van der Waals surface area contributed by atoms with Crippen LogP contribution in [0.25, 0.3) is 22.3 Å². The van der Waals surface area contributed by atoms with Gasteiger partial charge in [-0.25, -0.2) is 18.2 Å². The standard InChI is InChI=1S/C27H25F3N4O/c28-23-9-20-16(5-6-32-26(20)35)7-21(23)22-8-17(11-33-25(22)31)15-1-3-18(4-2-15)27-10-19(27)12-34(14-27)13-24(29)30/h1-4,7-9,11,19,24H,5-6,10,12-14H2,(H2,31,33)(H,32,35)/t19-,27+/m1/s1. The maximum Gasteiger partial charge on any atom is 0.251 e. The molecule has 0 unspecified atom stereocenters. The summed E-state index contributed by atoms with van der Waals surface area (Å²) >= 11 is 0. The van der Waals surface area contributed by atoms with Crippen molar-refractivity contribution in [3.8, 4) is 22.3 Å². The summed E-state index contributed by atoms with van der Waals surface area (Å²) in [6.07, 6.45) is 1.02. The average molecular weight is 479 g/mol. The van der Waals surface area contributed by atoms with E-state index in [1.165, 1.54) is 11.6 Å². The van der Waals surface area contributed by atoms with Gasteiger partial charge in [0.2, 0.25) is 0 Å². The molecule has 3 aromatic rings. The lowest BCUT2D eigenvalue weighted by Gasteiger charge is -2.20. The molecule has 2 fully saturated rings. The average Bonchev–Trinajstić information content (AvgIpc) is 3.41. The molecule has 2 aliphatic heterocycles. The Kier molecular flexibility index (Phi) is 5.11. The molecule has 1 aromatic heterocycles. The number of rotatable bonds is 5. The van der Waals surface area contributed by atoms with Crippen molar-refractivity contribution >= 4 is 11.7 Å². The third-order valence-corrected chi connectivity index (χ3v) is 7.73. The minimum Gasteiger partial charge on any atom is -0.383 e. The van der Waals surface area contributed by atoms with Crippen LogP contribution >= 0.6 is 0 Å². The van der Waals surface area contributed by atoms with E-state index in [9.17, 15) is 13.6 Å². The number of aromatic nitrogens is 1. The van der Waals surface area contributed by atoms with Crippen LogP contribution in [0.2, 0.25) is 0 Å². The van der Waals surface area contributed by atoms with Crippen LogP contribution in [0.3, 0.4) is 0 Å². The van der Waals surface area contributed by atoms with Crippen molar-refractivity contribution in [2.24, 2.45) is 5.92 Å². The molecule has 2 atom stereocenters. The number of halogens is 3. The van der Waals surface area contributed by atoms with Gasteiger partial charge in [0.25, 0.3) is 12.3 Å². The number of pyridine rings is 1. The van der Waals surface area contributed by atoms with Gasteiger partial charge in [0, 0.05) is 53.5 Å². The zero-order valence-electron chi connectivity index (χ0n) is 19.0. The second-order valence-corrected chi connectivity index (χ2v) is 9.87. The molecule has 3 aliphatic rings. The number of carbonyl (C=O) groups is 1. The molecule has 1 amide bonds. The number of piperidine rings is 1. The molecule has 3 heterocycles. The summed E-state index contributed by atoms with van der Waals surface area (Å²) in [6.45, 7) is 1.75. The highest BCUT2D eigenvalue weighted by Crippen LogP contribution is 2.59. The minimum atomic E-state index is -2.31. The van der Waals surface area contributed by atoms with Crippen molar-refractivity contribution in [1.29, 1.82) is 0 Å². The van der Waals surface area contributed by atoms with Gasteiger partial charge < -0.3 is 11.1 Å². The molecule has 6 rings (SSSR count). The van der Waals surface area contributed by atoms with Gasteiger partial charge in [-0.15, -0.1) is 0 Å². The monoisotopic (exact) mass is 478 g/mol. The number of likely N-dealkylation sites (tertiary alicyclic amines) is 1.